The summed E-state index contributed by atoms with van der Waals surface area (Å²) in [5.74, 6) is 0.834. The molecule has 0 aliphatic rings. The van der Waals surface area contributed by atoms with Gasteiger partial charge in [0.1, 0.15) is 5.75 Å². The van der Waals surface area contributed by atoms with Crippen molar-refractivity contribution in [2.24, 2.45) is 22.7 Å². The zero-order valence-corrected chi connectivity index (χ0v) is 18.8. The van der Waals surface area contributed by atoms with E-state index in [-0.39, 0.29) is 11.3 Å². The Hall–Kier alpha value is -1.51. The van der Waals surface area contributed by atoms with Crippen molar-refractivity contribution in [3.63, 3.8) is 0 Å². The van der Waals surface area contributed by atoms with E-state index in [1.807, 2.05) is 0 Å². The van der Waals surface area contributed by atoms with Gasteiger partial charge in [-0.15, -0.1) is 0 Å². The fourth-order valence-corrected chi connectivity index (χ4v) is 3.43. The molecule has 0 heterocycles. The molecule has 2 N–H and O–H groups in total. The lowest BCUT2D eigenvalue weighted by Crippen LogP contribution is -2.28. The first-order chi connectivity index (χ1) is 12.3. The van der Waals surface area contributed by atoms with Crippen LogP contribution in [0, 0.1) is 22.7 Å². The topological polar surface area (TPSA) is 57.5 Å². The van der Waals surface area contributed by atoms with Crippen molar-refractivity contribution in [2.45, 2.75) is 87.5 Å². The Morgan fingerprint density at radius 3 is 1.74 bits per heavy atom. The van der Waals surface area contributed by atoms with Gasteiger partial charge in [0.15, 0.2) is 0 Å². The summed E-state index contributed by atoms with van der Waals surface area (Å²) in [7, 11) is 0. The van der Waals surface area contributed by atoms with Crippen molar-refractivity contribution in [1.29, 1.82) is 0 Å². The van der Waals surface area contributed by atoms with Crippen LogP contribution in [0.3, 0.4) is 0 Å². The molecule has 1 aromatic carbocycles. The summed E-state index contributed by atoms with van der Waals surface area (Å²) in [5.41, 5.74) is 1.11. The second-order valence-electron chi connectivity index (χ2n) is 9.76. The van der Waals surface area contributed by atoms with Crippen molar-refractivity contribution in [3.8, 4) is 5.75 Å². The number of carboxylic acid groups (broad SMARTS) is 1. The van der Waals surface area contributed by atoms with Gasteiger partial charge < -0.3 is 10.2 Å². The van der Waals surface area contributed by atoms with Crippen molar-refractivity contribution < 1.29 is 15.0 Å². The number of aromatic carboxylic acids is 1. The van der Waals surface area contributed by atoms with E-state index in [2.05, 4.69) is 55.4 Å². The summed E-state index contributed by atoms with van der Waals surface area (Å²) in [6, 6.07) is 5.36. The molecular formula is C24H42O3. The molecule has 3 heteroatoms. The Morgan fingerprint density at radius 2 is 1.41 bits per heavy atom. The molecule has 156 valence electrons. The molecule has 0 fully saturated rings. The molecule has 27 heavy (non-hydrogen) atoms. The van der Waals surface area contributed by atoms with Crippen molar-refractivity contribution >= 4 is 5.97 Å². The normalized spacial score (nSPS) is 14.1. The maximum atomic E-state index is 10.2. The van der Waals surface area contributed by atoms with Gasteiger partial charge in [0, 0.05) is 0 Å². The third-order valence-electron chi connectivity index (χ3n) is 5.53. The summed E-state index contributed by atoms with van der Waals surface area (Å²) in [6.45, 7) is 19.1. The number of rotatable bonds is 7. The summed E-state index contributed by atoms with van der Waals surface area (Å²) in [6.07, 6.45) is 6.86. The van der Waals surface area contributed by atoms with Crippen LogP contribution >= 0.6 is 0 Å². The first kappa shape index (κ1) is 25.5. The van der Waals surface area contributed by atoms with Gasteiger partial charge in [0.2, 0.25) is 0 Å². The van der Waals surface area contributed by atoms with E-state index >= 15 is 0 Å². The third kappa shape index (κ3) is 10.4. The quantitative estimate of drug-likeness (QED) is 0.520. The van der Waals surface area contributed by atoms with Gasteiger partial charge in [-0.1, -0.05) is 74.7 Å². The first-order valence-electron chi connectivity index (χ1n) is 10.3. The summed E-state index contributed by atoms with van der Waals surface area (Å²) < 4.78 is 0. The van der Waals surface area contributed by atoms with E-state index in [4.69, 9.17) is 10.2 Å². The van der Waals surface area contributed by atoms with E-state index in [0.717, 1.165) is 11.8 Å². The minimum Gasteiger partial charge on any atom is -0.508 e. The lowest BCUT2D eigenvalue weighted by Gasteiger charge is -2.38. The second kappa shape index (κ2) is 11.4. The highest BCUT2D eigenvalue weighted by atomic mass is 16.4. The number of carboxylic acids is 1. The zero-order chi connectivity index (χ0) is 21.3. The maximum Gasteiger partial charge on any atom is 0.335 e. The summed E-state index contributed by atoms with van der Waals surface area (Å²) in [4.78, 5) is 10.2. The second-order valence-corrected chi connectivity index (χ2v) is 9.76. The van der Waals surface area contributed by atoms with Crippen molar-refractivity contribution in [3.05, 3.63) is 29.8 Å². The predicted molar refractivity (Wildman–Crippen MR) is 115 cm³/mol. The molecule has 0 amide bonds. The largest absolute Gasteiger partial charge is 0.508 e. The van der Waals surface area contributed by atoms with Crippen LogP contribution in [0.2, 0.25) is 0 Å². The minimum atomic E-state index is -0.986. The van der Waals surface area contributed by atoms with Gasteiger partial charge in [0.05, 0.1) is 5.56 Å². The Kier molecular flexibility index (Phi) is 10.7. The molecule has 3 nitrogen and oxygen atoms in total. The highest BCUT2D eigenvalue weighted by Gasteiger charge is 2.31. The van der Waals surface area contributed by atoms with Crippen LogP contribution in [0.25, 0.3) is 0 Å². The van der Waals surface area contributed by atoms with Gasteiger partial charge >= 0.3 is 5.97 Å². The number of aromatic hydroxyl groups is 1. The Bertz CT molecular complexity index is 532. The molecule has 0 spiro atoms. The molecule has 0 bridgehead atoms. The molecule has 2 atom stereocenters. The molecule has 0 aliphatic heterocycles. The molecule has 0 aliphatic carbocycles. The number of unbranched alkanes of at least 4 members (excludes halogenated alkanes) is 1. The van der Waals surface area contributed by atoms with Crippen molar-refractivity contribution in [1.82, 2.24) is 0 Å². The highest BCUT2D eigenvalue weighted by Crippen LogP contribution is 2.41. The fraction of sp³-hybridized carbons (Fsp3) is 0.708. The Balaban J connectivity index is 0.000000569. The van der Waals surface area contributed by atoms with Gasteiger partial charge in [-0.05, 0) is 59.8 Å². The summed E-state index contributed by atoms with van der Waals surface area (Å²) in [5, 5.41) is 17.1. The fourth-order valence-electron chi connectivity index (χ4n) is 3.43. The van der Waals surface area contributed by atoms with Gasteiger partial charge in [-0.3, -0.25) is 0 Å². The van der Waals surface area contributed by atoms with Gasteiger partial charge in [-0.2, -0.15) is 0 Å². The molecule has 2 unspecified atom stereocenters. The van der Waals surface area contributed by atoms with Crippen LogP contribution in [0.15, 0.2) is 24.3 Å². The molecule has 1 aromatic rings. The van der Waals surface area contributed by atoms with Gasteiger partial charge in [0.25, 0.3) is 0 Å². The molecule has 0 saturated heterocycles. The van der Waals surface area contributed by atoms with E-state index in [1.165, 1.54) is 56.4 Å². The van der Waals surface area contributed by atoms with Crippen LogP contribution in [-0.4, -0.2) is 16.2 Å². The van der Waals surface area contributed by atoms with Crippen LogP contribution in [-0.2, 0) is 0 Å². The van der Waals surface area contributed by atoms with E-state index in [0.29, 0.717) is 10.8 Å². The summed E-state index contributed by atoms with van der Waals surface area (Å²) >= 11 is 0. The minimum absolute atomic E-state index is 0.0741. The van der Waals surface area contributed by atoms with Crippen LogP contribution in [0.1, 0.15) is 97.9 Å². The monoisotopic (exact) mass is 378 g/mol. The Labute approximate surface area is 167 Å². The van der Waals surface area contributed by atoms with E-state index in [9.17, 15) is 4.79 Å². The first-order valence-corrected chi connectivity index (χ1v) is 10.3. The standard InChI is InChI=1S/C17H36.C7H6O3/c1-9-11-12-15(17(6,7)8)13-14(10-2)16(3,4)5;8-6-3-1-5(2-4-6)7(9)10/h14-15H,9-13H2,1-8H3;1-4,8H,(H,9,10). The third-order valence-corrected chi connectivity index (χ3v) is 5.53. The lowest BCUT2D eigenvalue weighted by atomic mass is 9.67. The molecule has 0 aromatic heterocycles. The number of hydrogen-bond donors (Lipinski definition) is 2. The van der Waals surface area contributed by atoms with E-state index < -0.39 is 5.97 Å². The number of hydrogen-bond acceptors (Lipinski definition) is 2. The number of phenolic OH excluding ortho intramolecular Hbond substituents is 1. The average Bonchev–Trinajstić information content (AvgIpc) is 2.53. The van der Waals surface area contributed by atoms with Crippen LogP contribution in [0.4, 0.5) is 0 Å². The van der Waals surface area contributed by atoms with Crippen LogP contribution < -0.4 is 0 Å². The van der Waals surface area contributed by atoms with Crippen LogP contribution in [0.5, 0.6) is 5.75 Å². The molecule has 1 rings (SSSR count). The lowest BCUT2D eigenvalue weighted by molar-refractivity contribution is 0.0697. The van der Waals surface area contributed by atoms with E-state index in [1.54, 1.807) is 0 Å². The SMILES string of the molecule is CCCCC(CC(CC)C(C)(C)C)C(C)(C)C.O=C(O)c1ccc(O)cc1. The number of benzene rings is 1. The van der Waals surface area contributed by atoms with Gasteiger partial charge in [-0.25, -0.2) is 4.79 Å². The number of carbonyl (C=O) groups is 1. The predicted octanol–water partition coefficient (Wildman–Crippen LogP) is 7.39. The smallest absolute Gasteiger partial charge is 0.335 e. The number of phenols is 1. The average molecular weight is 379 g/mol. The highest BCUT2D eigenvalue weighted by molar-refractivity contribution is 5.87. The molecular weight excluding hydrogens is 336 g/mol. The Morgan fingerprint density at radius 1 is 0.926 bits per heavy atom. The van der Waals surface area contributed by atoms with Crippen molar-refractivity contribution in [2.75, 3.05) is 0 Å². The zero-order valence-electron chi connectivity index (χ0n) is 18.8. The molecule has 0 radical (unpaired) electrons. The molecule has 0 saturated carbocycles. The maximum absolute atomic E-state index is 10.2.